The molecule has 0 aromatic heterocycles. The highest BCUT2D eigenvalue weighted by atomic mass is 16.7. The maximum absolute atomic E-state index is 13.3. The fourth-order valence-electron chi connectivity index (χ4n) is 9.80. The van der Waals surface area contributed by atoms with Crippen LogP contribution < -0.4 is 27.8 Å². The molecule has 2 saturated heterocycles. The first kappa shape index (κ1) is 67.3. The zero-order valence-corrected chi connectivity index (χ0v) is 46.1. The van der Waals surface area contributed by atoms with E-state index in [1.54, 1.807) is 66.8 Å². The van der Waals surface area contributed by atoms with Crippen molar-refractivity contribution >= 4 is 29.3 Å². The number of ketones is 2. The van der Waals surface area contributed by atoms with Crippen molar-refractivity contribution in [2.45, 2.75) is 189 Å². The van der Waals surface area contributed by atoms with E-state index in [9.17, 15) is 60.0 Å². The van der Waals surface area contributed by atoms with E-state index in [-0.39, 0.29) is 95.1 Å². The number of hydrogen-bond acceptors (Lipinski definition) is 19. The van der Waals surface area contributed by atoms with Gasteiger partial charge in [-0.15, -0.1) is 0 Å². The number of nitrogen functional groups attached to an aromatic ring is 1. The first-order valence-electron chi connectivity index (χ1n) is 27.8. The SMILES string of the molecule is CC1/C=C/C=C/C=C/C=C/C=C/C=C/C=C/C(O[C@H]2C[C@@H](N)[C@H](O)CO2)CC2OC(O)(CC(O)CC(O)CCCC(O)CC(O)CC(=O)CC(=O)OC1C(C)CCC(O)CC(=O)c1ccc(N)cc1)CC(O)C2NC(=O)NCCN. The minimum Gasteiger partial charge on any atom is -0.461 e. The van der Waals surface area contributed by atoms with Gasteiger partial charge in [0.2, 0.25) is 0 Å². The maximum Gasteiger partial charge on any atom is 0.315 e. The number of benzene rings is 1. The van der Waals surface area contributed by atoms with E-state index in [0.717, 1.165) is 0 Å². The molecule has 0 radical (unpaired) electrons. The van der Waals surface area contributed by atoms with Crippen molar-refractivity contribution in [3.63, 3.8) is 0 Å². The third kappa shape index (κ3) is 25.7. The molecule has 16 atom stereocenters. The number of nitrogens with two attached hydrogens (primary N) is 3. The summed E-state index contributed by atoms with van der Waals surface area (Å²) >= 11 is 0. The van der Waals surface area contributed by atoms with Crippen LogP contribution in [0.2, 0.25) is 0 Å². The number of carbonyl (C=O) groups is 4. The van der Waals surface area contributed by atoms with E-state index in [4.69, 9.17) is 36.1 Å². The number of Topliss-reactive ketones (excluding diaryl/α,β-unsaturated/α-hetero) is 2. The van der Waals surface area contributed by atoms with Gasteiger partial charge in [0.15, 0.2) is 17.9 Å². The molecule has 446 valence electrons. The van der Waals surface area contributed by atoms with E-state index < -0.39 is 129 Å². The molecule has 13 unspecified atom stereocenters. The van der Waals surface area contributed by atoms with Crippen LogP contribution >= 0.6 is 0 Å². The van der Waals surface area contributed by atoms with Gasteiger partial charge >= 0.3 is 12.0 Å². The summed E-state index contributed by atoms with van der Waals surface area (Å²) in [7, 11) is 0. The predicted molar refractivity (Wildman–Crippen MR) is 301 cm³/mol. The molecule has 21 nitrogen and oxygen atoms in total. The van der Waals surface area contributed by atoms with Gasteiger partial charge in [-0.1, -0.05) is 98.9 Å². The molecule has 0 aliphatic carbocycles. The molecule has 0 spiro atoms. The Morgan fingerprint density at radius 1 is 0.787 bits per heavy atom. The first-order chi connectivity index (χ1) is 38.1. The average molecular weight is 1120 g/mol. The summed E-state index contributed by atoms with van der Waals surface area (Å²) in [5, 5.41) is 93.2. The summed E-state index contributed by atoms with van der Waals surface area (Å²) in [5.74, 6) is -4.44. The Morgan fingerprint density at radius 2 is 1.39 bits per heavy atom. The molecular weight excluding hydrogens is 1030 g/mol. The normalized spacial score (nSPS) is 35.2. The molecule has 80 heavy (non-hydrogen) atoms. The molecular formula is C59H89N5O16. The maximum atomic E-state index is 13.3. The molecule has 2 fully saturated rings. The topological polar surface area (TPSA) is 369 Å². The number of hydrogen-bond donors (Lipinski definition) is 13. The lowest BCUT2D eigenvalue weighted by Crippen LogP contribution is -2.63. The van der Waals surface area contributed by atoms with Crippen molar-refractivity contribution in [3.05, 3.63) is 115 Å². The number of cyclic esters (lactones) is 1. The number of urea groups is 1. The van der Waals surface area contributed by atoms with Crippen molar-refractivity contribution in [1.82, 2.24) is 10.6 Å². The lowest BCUT2D eigenvalue weighted by Gasteiger charge is -2.46. The summed E-state index contributed by atoms with van der Waals surface area (Å²) < 4.78 is 24.2. The van der Waals surface area contributed by atoms with Gasteiger partial charge in [-0.3, -0.25) is 14.4 Å². The van der Waals surface area contributed by atoms with Crippen LogP contribution in [0.3, 0.4) is 0 Å². The van der Waals surface area contributed by atoms with Gasteiger partial charge in [-0.25, -0.2) is 4.79 Å². The van der Waals surface area contributed by atoms with Crippen LogP contribution in [0.5, 0.6) is 0 Å². The Hall–Kier alpha value is -5.24. The van der Waals surface area contributed by atoms with Gasteiger partial charge < -0.3 is 87.6 Å². The van der Waals surface area contributed by atoms with Gasteiger partial charge in [-0.2, -0.15) is 0 Å². The quantitative estimate of drug-likeness (QED) is 0.0619. The van der Waals surface area contributed by atoms with Crippen LogP contribution in [0.25, 0.3) is 0 Å². The number of amides is 2. The molecule has 16 N–H and O–H groups in total. The number of aliphatic hydroxyl groups excluding tert-OH is 7. The smallest absolute Gasteiger partial charge is 0.315 e. The van der Waals surface area contributed by atoms with E-state index in [1.807, 2.05) is 56.4 Å². The fraction of sp³-hybridized carbons (Fsp3) is 0.593. The summed E-state index contributed by atoms with van der Waals surface area (Å²) in [4.78, 5) is 52.0. The number of carbonyl (C=O) groups excluding carboxylic acids is 4. The third-order valence-corrected chi connectivity index (χ3v) is 14.1. The standard InChI is InChI=1S/C59H89N5O16/c1-38-16-13-11-9-7-5-3-4-6-8-10-12-14-19-48(78-55-34-49(62)52(73)37-77-55)33-53-56(64-58(75)63-27-26-60)51(72)36-59(76,80-53)35-47(70)29-43(66)18-15-17-42(65)28-45(68)30-46(69)32-54(74)79-57(38)39(2)20-25-44(67)31-50(71)40-21-23-41(61)24-22-40/h3-14,16,19,21-24,38-39,42-45,47-49,51-53,55-57,65-68,70,72-73,76H,15,17-18,20,25-37,60-62H2,1-2H3,(H2,63,64,75)/b4-3+,7-5+,8-6+,11-9+,12-10+,16-13+,19-14+/t38?,39?,42?,43?,44?,45?,47?,48?,49-,51?,52-,53?,55+,56?,57?,59?/m1/s1. The van der Waals surface area contributed by atoms with Crippen LogP contribution in [0.1, 0.15) is 114 Å². The Labute approximate surface area is 470 Å². The zero-order chi connectivity index (χ0) is 58.6. The van der Waals surface area contributed by atoms with Gasteiger partial charge in [0, 0.05) is 74.8 Å². The average Bonchev–Trinajstić information content (AvgIpc) is 3.38. The third-order valence-electron chi connectivity index (χ3n) is 14.1. The predicted octanol–water partition coefficient (Wildman–Crippen LogP) is 2.88. The van der Waals surface area contributed by atoms with Crippen LogP contribution in [0, 0.1) is 11.8 Å². The number of allylic oxidation sites excluding steroid dienone is 12. The largest absolute Gasteiger partial charge is 0.461 e. The highest BCUT2D eigenvalue weighted by Gasteiger charge is 2.48. The molecule has 3 aliphatic heterocycles. The van der Waals surface area contributed by atoms with Crippen molar-refractivity contribution in [2.24, 2.45) is 23.3 Å². The summed E-state index contributed by atoms with van der Waals surface area (Å²) in [6.07, 6.45) is 12.3. The van der Waals surface area contributed by atoms with Crippen LogP contribution in [-0.4, -0.2) is 169 Å². The molecule has 3 aliphatic rings. The molecule has 3 heterocycles. The second kappa shape index (κ2) is 35.6. The summed E-state index contributed by atoms with van der Waals surface area (Å²) in [5.41, 5.74) is 18.4. The van der Waals surface area contributed by atoms with Crippen molar-refractivity contribution in [3.8, 4) is 0 Å². The summed E-state index contributed by atoms with van der Waals surface area (Å²) in [6.45, 7) is 3.94. The number of anilines is 1. The molecule has 4 rings (SSSR count). The number of ether oxygens (including phenoxy) is 4. The van der Waals surface area contributed by atoms with Crippen LogP contribution in [0.4, 0.5) is 10.5 Å². The first-order valence-corrected chi connectivity index (χ1v) is 27.8. The Balaban J connectivity index is 1.53. The lowest BCUT2D eigenvalue weighted by molar-refractivity contribution is -0.295. The second-order valence-corrected chi connectivity index (χ2v) is 21.3. The molecule has 1 aromatic carbocycles. The molecule has 1 aromatic rings. The van der Waals surface area contributed by atoms with E-state index >= 15 is 0 Å². The minimum atomic E-state index is -2.14. The monoisotopic (exact) mass is 1120 g/mol. The van der Waals surface area contributed by atoms with Gasteiger partial charge in [0.05, 0.1) is 67.6 Å². The van der Waals surface area contributed by atoms with Crippen LogP contribution in [0.15, 0.2) is 109 Å². The van der Waals surface area contributed by atoms with Crippen molar-refractivity contribution in [2.75, 3.05) is 25.4 Å². The molecule has 2 bridgehead atoms. The number of rotatable bonds is 12. The molecule has 21 heteroatoms. The highest BCUT2D eigenvalue weighted by Crippen LogP contribution is 2.35. The van der Waals surface area contributed by atoms with Crippen LogP contribution in [-0.2, 0) is 28.5 Å². The van der Waals surface area contributed by atoms with Crippen molar-refractivity contribution in [1.29, 1.82) is 0 Å². The van der Waals surface area contributed by atoms with Gasteiger partial charge in [-0.05, 0) is 75.1 Å². The number of aliphatic hydroxyl groups is 8. The number of fused-ring (bicyclic) bond motifs is 2. The lowest BCUT2D eigenvalue weighted by atomic mass is 9.87. The Kier molecular flexibility index (Phi) is 29.9. The summed E-state index contributed by atoms with van der Waals surface area (Å²) in [6, 6.07) is 4.08. The molecule has 2 amide bonds. The van der Waals surface area contributed by atoms with E-state index in [2.05, 4.69) is 10.6 Å². The van der Waals surface area contributed by atoms with E-state index in [0.29, 0.717) is 17.7 Å². The Morgan fingerprint density at radius 3 is 2.00 bits per heavy atom. The van der Waals surface area contributed by atoms with E-state index in [1.165, 1.54) is 0 Å². The van der Waals surface area contributed by atoms with Crippen molar-refractivity contribution < 1.29 is 79.0 Å². The second-order valence-electron chi connectivity index (χ2n) is 21.3. The fourth-order valence-corrected chi connectivity index (χ4v) is 9.80. The Bertz CT molecular complexity index is 2260. The number of nitrogens with one attached hydrogen (secondary N) is 2. The number of esters is 1. The minimum absolute atomic E-state index is 0.0577. The highest BCUT2D eigenvalue weighted by molar-refractivity contribution is 5.96. The van der Waals surface area contributed by atoms with Gasteiger partial charge in [0.1, 0.15) is 18.3 Å². The zero-order valence-electron chi connectivity index (χ0n) is 46.1. The van der Waals surface area contributed by atoms with Gasteiger partial charge in [0.25, 0.3) is 0 Å². The molecule has 0 saturated carbocycles.